The zero-order chi connectivity index (χ0) is 17.4. The van der Waals surface area contributed by atoms with Crippen molar-refractivity contribution in [3.8, 4) is 11.5 Å². The van der Waals surface area contributed by atoms with Crippen LogP contribution in [0.2, 0.25) is 0 Å². The smallest absolute Gasteiger partial charge is 0.254 e. The van der Waals surface area contributed by atoms with Crippen molar-refractivity contribution in [2.24, 2.45) is 5.10 Å². The van der Waals surface area contributed by atoms with E-state index in [-0.39, 0.29) is 5.91 Å². The highest BCUT2D eigenvalue weighted by molar-refractivity contribution is 6.01. The number of hydrogen-bond acceptors (Lipinski definition) is 5. The molecule has 0 aromatic heterocycles. The van der Waals surface area contributed by atoms with E-state index < -0.39 is 0 Å². The molecule has 0 unspecified atom stereocenters. The van der Waals surface area contributed by atoms with Gasteiger partial charge in [0.25, 0.3) is 5.91 Å². The van der Waals surface area contributed by atoms with Crippen LogP contribution >= 0.6 is 0 Å². The molecule has 24 heavy (non-hydrogen) atoms. The SMILES string of the molecule is CC/C(=N/NC(=O)CN1CCCCC1)c1ccc(OC)c(OC)c1. The highest BCUT2D eigenvalue weighted by Gasteiger charge is 2.14. The van der Waals surface area contributed by atoms with Crippen LogP contribution in [0.3, 0.4) is 0 Å². The molecular formula is C18H27N3O3. The van der Waals surface area contributed by atoms with E-state index in [2.05, 4.69) is 15.4 Å². The highest BCUT2D eigenvalue weighted by Crippen LogP contribution is 2.28. The molecule has 0 bridgehead atoms. The molecule has 1 aliphatic heterocycles. The normalized spacial score (nSPS) is 15.9. The van der Waals surface area contributed by atoms with Crippen molar-refractivity contribution in [1.29, 1.82) is 0 Å². The minimum Gasteiger partial charge on any atom is -0.493 e. The second kappa shape index (κ2) is 9.27. The molecular weight excluding hydrogens is 306 g/mol. The zero-order valence-electron chi connectivity index (χ0n) is 14.8. The average Bonchev–Trinajstić information content (AvgIpc) is 2.62. The summed E-state index contributed by atoms with van der Waals surface area (Å²) in [5.41, 5.74) is 4.40. The summed E-state index contributed by atoms with van der Waals surface area (Å²) in [5.74, 6) is 1.25. The Balaban J connectivity index is 2.01. The molecule has 1 aromatic rings. The van der Waals surface area contributed by atoms with Gasteiger partial charge in [-0.2, -0.15) is 5.10 Å². The lowest BCUT2D eigenvalue weighted by Gasteiger charge is -2.25. The third-order valence-corrected chi connectivity index (χ3v) is 4.18. The molecule has 0 aliphatic carbocycles. The van der Waals surface area contributed by atoms with Crippen LogP contribution in [-0.2, 0) is 4.79 Å². The predicted octanol–water partition coefficient (Wildman–Crippen LogP) is 2.42. The fourth-order valence-electron chi connectivity index (χ4n) is 2.85. The Morgan fingerprint density at radius 3 is 2.50 bits per heavy atom. The summed E-state index contributed by atoms with van der Waals surface area (Å²) in [6.07, 6.45) is 4.31. The second-order valence-corrected chi connectivity index (χ2v) is 5.85. The summed E-state index contributed by atoms with van der Waals surface area (Å²) in [7, 11) is 3.21. The standard InChI is InChI=1S/C18H27N3O3/c1-4-15(14-8-9-16(23-2)17(12-14)24-3)19-20-18(22)13-21-10-6-5-7-11-21/h8-9,12H,4-7,10-11,13H2,1-3H3,(H,20,22)/b19-15-. The molecule has 1 heterocycles. The largest absolute Gasteiger partial charge is 0.493 e. The van der Waals surface area contributed by atoms with Crippen LogP contribution in [-0.4, -0.2) is 50.4 Å². The van der Waals surface area contributed by atoms with E-state index in [4.69, 9.17) is 9.47 Å². The first-order chi connectivity index (χ1) is 11.7. The molecule has 1 saturated heterocycles. The van der Waals surface area contributed by atoms with Crippen LogP contribution in [0.25, 0.3) is 0 Å². The number of piperidine rings is 1. The third-order valence-electron chi connectivity index (χ3n) is 4.18. The summed E-state index contributed by atoms with van der Waals surface area (Å²) in [4.78, 5) is 14.3. The number of nitrogens with one attached hydrogen (secondary N) is 1. The molecule has 6 nitrogen and oxygen atoms in total. The van der Waals surface area contributed by atoms with Crippen LogP contribution in [0.4, 0.5) is 0 Å². The Labute approximate surface area is 143 Å². The Morgan fingerprint density at radius 2 is 1.88 bits per heavy atom. The monoisotopic (exact) mass is 333 g/mol. The lowest BCUT2D eigenvalue weighted by Crippen LogP contribution is -2.38. The molecule has 2 rings (SSSR count). The summed E-state index contributed by atoms with van der Waals surface area (Å²) in [6.45, 7) is 4.40. The molecule has 1 aliphatic rings. The zero-order valence-corrected chi connectivity index (χ0v) is 14.8. The predicted molar refractivity (Wildman–Crippen MR) is 94.8 cm³/mol. The number of hydrogen-bond donors (Lipinski definition) is 1. The van der Waals surface area contributed by atoms with Crippen LogP contribution in [0.5, 0.6) is 11.5 Å². The van der Waals surface area contributed by atoms with Crippen molar-refractivity contribution in [3.63, 3.8) is 0 Å². The third kappa shape index (κ3) is 4.96. The first-order valence-electron chi connectivity index (χ1n) is 8.48. The molecule has 1 fully saturated rings. The van der Waals surface area contributed by atoms with E-state index in [1.165, 1.54) is 19.3 Å². The van der Waals surface area contributed by atoms with E-state index >= 15 is 0 Å². The maximum atomic E-state index is 12.1. The van der Waals surface area contributed by atoms with Crippen molar-refractivity contribution < 1.29 is 14.3 Å². The number of likely N-dealkylation sites (tertiary alicyclic amines) is 1. The number of carbonyl (C=O) groups excluding carboxylic acids is 1. The van der Waals surface area contributed by atoms with Crippen molar-refractivity contribution in [2.75, 3.05) is 33.9 Å². The van der Waals surface area contributed by atoms with E-state index in [1.54, 1.807) is 14.2 Å². The van der Waals surface area contributed by atoms with E-state index in [1.807, 2.05) is 25.1 Å². The fraction of sp³-hybridized carbons (Fsp3) is 0.556. The van der Waals surface area contributed by atoms with Gasteiger partial charge in [0.1, 0.15) is 0 Å². The average molecular weight is 333 g/mol. The number of methoxy groups -OCH3 is 2. The summed E-state index contributed by atoms with van der Waals surface area (Å²) in [6, 6.07) is 5.63. The Kier molecular flexibility index (Phi) is 7.06. The first-order valence-corrected chi connectivity index (χ1v) is 8.48. The molecule has 132 valence electrons. The lowest BCUT2D eigenvalue weighted by molar-refractivity contribution is -0.122. The number of benzene rings is 1. The summed E-state index contributed by atoms with van der Waals surface area (Å²) < 4.78 is 10.6. The van der Waals surface area contributed by atoms with Crippen LogP contribution < -0.4 is 14.9 Å². The minimum absolute atomic E-state index is 0.0664. The maximum Gasteiger partial charge on any atom is 0.254 e. The number of hydrazone groups is 1. The van der Waals surface area contributed by atoms with Crippen molar-refractivity contribution >= 4 is 11.6 Å². The maximum absolute atomic E-state index is 12.1. The molecule has 0 saturated carbocycles. The Hall–Kier alpha value is -2.08. The number of nitrogens with zero attached hydrogens (tertiary/aromatic N) is 2. The van der Waals surface area contributed by atoms with Gasteiger partial charge in [0.2, 0.25) is 0 Å². The summed E-state index contributed by atoms with van der Waals surface area (Å²) in [5, 5.41) is 4.30. The molecule has 0 radical (unpaired) electrons. The van der Waals surface area contributed by atoms with Crippen LogP contribution in [0.15, 0.2) is 23.3 Å². The summed E-state index contributed by atoms with van der Waals surface area (Å²) >= 11 is 0. The van der Waals surface area contributed by atoms with Gasteiger partial charge in [-0.15, -0.1) is 0 Å². The van der Waals surface area contributed by atoms with E-state index in [9.17, 15) is 4.79 Å². The van der Waals surface area contributed by atoms with Gasteiger partial charge >= 0.3 is 0 Å². The lowest BCUT2D eigenvalue weighted by atomic mass is 10.1. The molecule has 6 heteroatoms. The van der Waals surface area contributed by atoms with Crippen molar-refractivity contribution in [3.05, 3.63) is 23.8 Å². The van der Waals surface area contributed by atoms with E-state index in [0.717, 1.165) is 24.4 Å². The van der Waals surface area contributed by atoms with Gasteiger partial charge in [-0.1, -0.05) is 13.3 Å². The topological polar surface area (TPSA) is 63.2 Å². The molecule has 1 amide bonds. The van der Waals surface area contributed by atoms with Gasteiger partial charge < -0.3 is 9.47 Å². The Bertz CT molecular complexity index is 581. The molecule has 0 atom stereocenters. The van der Waals surface area contributed by atoms with Crippen LogP contribution in [0, 0.1) is 0 Å². The van der Waals surface area contributed by atoms with Crippen molar-refractivity contribution in [1.82, 2.24) is 10.3 Å². The van der Waals surface area contributed by atoms with Gasteiger partial charge in [-0.05, 0) is 50.6 Å². The van der Waals surface area contributed by atoms with Gasteiger partial charge in [-0.25, -0.2) is 5.43 Å². The van der Waals surface area contributed by atoms with Gasteiger partial charge in [0, 0.05) is 5.56 Å². The number of carbonyl (C=O) groups is 1. The van der Waals surface area contributed by atoms with Crippen molar-refractivity contribution in [2.45, 2.75) is 32.6 Å². The number of rotatable bonds is 7. The van der Waals surface area contributed by atoms with Crippen LogP contribution in [0.1, 0.15) is 38.2 Å². The molecule has 1 N–H and O–H groups in total. The molecule has 0 spiro atoms. The second-order valence-electron chi connectivity index (χ2n) is 5.85. The highest BCUT2D eigenvalue weighted by atomic mass is 16.5. The number of ether oxygens (including phenoxy) is 2. The minimum atomic E-state index is -0.0664. The van der Waals surface area contributed by atoms with Gasteiger partial charge in [0.05, 0.1) is 26.5 Å². The quantitative estimate of drug-likeness (QED) is 0.615. The van der Waals surface area contributed by atoms with E-state index in [0.29, 0.717) is 24.5 Å². The van der Waals surface area contributed by atoms with Gasteiger partial charge in [0.15, 0.2) is 11.5 Å². The first kappa shape index (κ1) is 18.3. The molecule has 1 aromatic carbocycles. The fourth-order valence-corrected chi connectivity index (χ4v) is 2.85. The number of amides is 1. The Morgan fingerprint density at radius 1 is 1.17 bits per heavy atom. The van der Waals surface area contributed by atoms with Gasteiger partial charge in [-0.3, -0.25) is 9.69 Å².